The summed E-state index contributed by atoms with van der Waals surface area (Å²) in [7, 11) is 17.0. The standard InChI is InChI=1S/C23H26N3.C22H24N3.2C19H24N3/c1-16-13-14-24(4)23(15-16)19-9-8-12-20(17(19)2)26-18(3)25(5)21-10-6-7-11-22(21)26;1-16-18(20-11-7-8-15-23(20)3)10-9-14-19(16)25-17(2)24(4)21-12-5-6-13-22(21)25;2*1-14-9-10-21(5)19(13-14)17-7-6-8-18(15(17)2)22-12-11-20(4)16(22)3/h6-15,18H,1-5H3;5-15,17H,1-4H3;2*6-13,16H,1-5H3/q4*+1/t18-;17-;2*16-/m0000/s1. The van der Waals surface area contributed by atoms with Crippen LogP contribution in [0.5, 0.6) is 0 Å². The molecular formula is C83H98N12+4. The second-order valence-electron chi connectivity index (χ2n) is 26.3. The highest BCUT2D eigenvalue weighted by Crippen LogP contribution is 2.47. The van der Waals surface area contributed by atoms with Gasteiger partial charge in [-0.25, -0.2) is 18.3 Å². The van der Waals surface area contributed by atoms with Crippen LogP contribution in [0.3, 0.4) is 0 Å². The van der Waals surface area contributed by atoms with E-state index in [1.165, 1.54) is 129 Å². The van der Waals surface area contributed by atoms with Crippen LogP contribution in [0.1, 0.15) is 66.6 Å². The van der Waals surface area contributed by atoms with E-state index in [4.69, 9.17) is 0 Å². The van der Waals surface area contributed by atoms with E-state index in [9.17, 15) is 0 Å². The molecule has 0 fully saturated rings. The first kappa shape index (κ1) is 66.3. The summed E-state index contributed by atoms with van der Waals surface area (Å²) in [5, 5.41) is 0. The van der Waals surface area contributed by atoms with Gasteiger partial charge >= 0.3 is 0 Å². The van der Waals surface area contributed by atoms with Crippen LogP contribution in [0.2, 0.25) is 0 Å². The highest BCUT2D eigenvalue weighted by Gasteiger charge is 2.35. The minimum Gasteiger partial charge on any atom is -0.359 e. The van der Waals surface area contributed by atoms with Crippen LogP contribution in [0.25, 0.3) is 45.0 Å². The molecule has 0 aliphatic carbocycles. The van der Waals surface area contributed by atoms with Crippen molar-refractivity contribution in [3.63, 3.8) is 0 Å². The molecule has 0 unspecified atom stereocenters. The van der Waals surface area contributed by atoms with Crippen molar-refractivity contribution in [3.05, 3.63) is 264 Å². The number of benzene rings is 6. The second kappa shape index (κ2) is 27.8. The summed E-state index contributed by atoms with van der Waals surface area (Å²) in [5.74, 6) is 0. The van der Waals surface area contributed by atoms with Crippen LogP contribution in [0.4, 0.5) is 45.5 Å². The molecular weight excluding hydrogens is 1160 g/mol. The number of nitrogens with zero attached hydrogens (tertiary/aromatic N) is 12. The van der Waals surface area contributed by atoms with Crippen molar-refractivity contribution < 1.29 is 18.3 Å². The average Bonchev–Trinajstić information content (AvgIpc) is 1.63. The quantitative estimate of drug-likeness (QED) is 0.139. The summed E-state index contributed by atoms with van der Waals surface area (Å²) in [4.78, 5) is 18.7. The second-order valence-corrected chi connectivity index (χ2v) is 26.3. The van der Waals surface area contributed by atoms with Crippen molar-refractivity contribution in [3.8, 4) is 45.0 Å². The number of hydrogen-bond acceptors (Lipinski definition) is 8. The Labute approximate surface area is 566 Å². The minimum absolute atomic E-state index is 0.285. The molecule has 0 saturated carbocycles. The monoisotopic (exact) mass is 1260 g/mol. The molecule has 12 nitrogen and oxygen atoms in total. The molecule has 95 heavy (non-hydrogen) atoms. The predicted molar refractivity (Wildman–Crippen MR) is 396 cm³/mol. The van der Waals surface area contributed by atoms with Gasteiger partial charge in [0.05, 0.1) is 45.0 Å². The molecule has 4 atom stereocenters. The number of para-hydroxylation sites is 4. The number of fused-ring (bicyclic) bond motifs is 2. The minimum atomic E-state index is 0.285. The van der Waals surface area contributed by atoms with E-state index in [1.807, 2.05) is 0 Å². The van der Waals surface area contributed by atoms with Crippen LogP contribution in [-0.2, 0) is 28.2 Å². The Morgan fingerprint density at radius 3 is 0.905 bits per heavy atom. The molecule has 4 aliphatic heterocycles. The molecule has 486 valence electrons. The van der Waals surface area contributed by atoms with Crippen molar-refractivity contribution in [1.29, 1.82) is 0 Å². The highest BCUT2D eigenvalue weighted by molar-refractivity contribution is 5.88. The fourth-order valence-corrected chi connectivity index (χ4v) is 13.9. The summed E-state index contributed by atoms with van der Waals surface area (Å²) in [6.45, 7) is 24.3. The number of hydrogen-bond donors (Lipinski definition) is 0. The van der Waals surface area contributed by atoms with E-state index in [-0.39, 0.29) is 12.3 Å². The number of rotatable bonds is 8. The Bertz CT molecular complexity index is 4380. The zero-order chi connectivity index (χ0) is 67.7. The molecule has 0 amide bonds. The van der Waals surface area contributed by atoms with Crippen molar-refractivity contribution in [2.24, 2.45) is 28.2 Å². The van der Waals surface area contributed by atoms with Crippen LogP contribution < -0.4 is 47.7 Å². The van der Waals surface area contributed by atoms with Gasteiger partial charge in [-0.1, -0.05) is 48.5 Å². The number of aromatic nitrogens is 4. The van der Waals surface area contributed by atoms with Crippen molar-refractivity contribution in [1.82, 2.24) is 9.80 Å². The molecule has 0 saturated heterocycles. The third-order valence-corrected chi connectivity index (χ3v) is 20.2. The molecule has 0 spiro atoms. The van der Waals surface area contributed by atoms with E-state index in [0.717, 1.165) is 0 Å². The van der Waals surface area contributed by atoms with Gasteiger partial charge in [-0.3, -0.25) is 0 Å². The van der Waals surface area contributed by atoms with Gasteiger partial charge in [0.2, 0.25) is 22.8 Å². The largest absolute Gasteiger partial charge is 0.359 e. The van der Waals surface area contributed by atoms with Gasteiger partial charge in [0, 0.05) is 124 Å². The Hall–Kier alpha value is -10.2. The lowest BCUT2D eigenvalue weighted by Gasteiger charge is -2.29. The predicted octanol–water partition coefficient (Wildman–Crippen LogP) is 15.9. The first-order valence-corrected chi connectivity index (χ1v) is 33.4. The zero-order valence-corrected chi connectivity index (χ0v) is 59.5. The van der Waals surface area contributed by atoms with E-state index in [1.54, 1.807) is 0 Å². The SMILES string of the molecule is Cc1c(-c2cccc[n+]2C)cccc1N1c2ccccc2N(C)[C@@H]1C.Cc1cc[n+](C)c(-c2cccc(N3C=CN(C)[C@@H]3C)c2C)c1.Cc1cc[n+](C)c(-c2cccc(N3C=CN(C)[C@@H]3C)c2C)c1.Cc1cc[n+](C)c(-c2cccc(N3c4ccccc4N(C)[C@@H]3C)c2C)c1. The van der Waals surface area contributed by atoms with Gasteiger partial charge in [-0.05, 0) is 194 Å². The van der Waals surface area contributed by atoms with Gasteiger partial charge in [-0.15, -0.1) is 0 Å². The van der Waals surface area contributed by atoms with Gasteiger partial charge in [0.15, 0.2) is 24.8 Å². The van der Waals surface area contributed by atoms with Crippen LogP contribution in [0, 0.1) is 48.5 Å². The van der Waals surface area contributed by atoms with Crippen LogP contribution in [-0.4, -0.2) is 62.7 Å². The first-order valence-electron chi connectivity index (χ1n) is 33.4. The van der Waals surface area contributed by atoms with E-state index in [0.29, 0.717) is 12.3 Å². The van der Waals surface area contributed by atoms with Gasteiger partial charge < -0.3 is 39.2 Å². The number of aryl methyl sites for hydroxylation is 7. The molecule has 14 rings (SSSR count). The topological polar surface area (TPSA) is 41.4 Å². The van der Waals surface area contributed by atoms with Crippen LogP contribution in [0.15, 0.2) is 226 Å². The molecule has 6 aromatic carbocycles. The van der Waals surface area contributed by atoms with E-state index in [2.05, 4.69) is 416 Å². The summed E-state index contributed by atoms with van der Waals surface area (Å²) >= 11 is 0. The fourth-order valence-electron chi connectivity index (χ4n) is 13.9. The lowest BCUT2D eigenvalue weighted by atomic mass is 10.0. The Kier molecular flexibility index (Phi) is 19.4. The smallest absolute Gasteiger partial charge is 0.212 e. The summed E-state index contributed by atoms with van der Waals surface area (Å²) in [6.07, 6.45) is 18.3. The maximum absolute atomic E-state index is 2.45. The lowest BCUT2D eigenvalue weighted by Crippen LogP contribution is -2.36. The normalized spacial score (nSPS) is 16.7. The maximum Gasteiger partial charge on any atom is 0.212 e. The molecule has 10 aromatic rings. The molecule has 4 aliphatic rings. The van der Waals surface area contributed by atoms with E-state index < -0.39 is 0 Å². The van der Waals surface area contributed by atoms with Gasteiger partial charge in [0.1, 0.15) is 52.9 Å². The van der Waals surface area contributed by atoms with Crippen LogP contribution >= 0.6 is 0 Å². The van der Waals surface area contributed by atoms with Crippen molar-refractivity contribution in [2.45, 2.75) is 101 Å². The lowest BCUT2D eigenvalue weighted by molar-refractivity contribution is -0.660. The first-order chi connectivity index (χ1) is 45.6. The highest BCUT2D eigenvalue weighted by atomic mass is 15.4. The third kappa shape index (κ3) is 13.0. The molecule has 0 bridgehead atoms. The summed E-state index contributed by atoms with van der Waals surface area (Å²) < 4.78 is 8.76. The average molecular weight is 1260 g/mol. The number of anilines is 8. The Morgan fingerprint density at radius 1 is 0.274 bits per heavy atom. The van der Waals surface area contributed by atoms with E-state index >= 15 is 0 Å². The molecule has 4 aromatic heterocycles. The molecule has 0 radical (unpaired) electrons. The Balaban J connectivity index is 0.000000129. The summed E-state index contributed by atoms with van der Waals surface area (Å²) in [5.41, 5.74) is 29.4. The fraction of sp³-hybridized carbons (Fsp3) is 0.277. The number of pyridine rings is 4. The van der Waals surface area contributed by atoms with Crippen molar-refractivity contribution >= 4 is 45.5 Å². The van der Waals surface area contributed by atoms with Gasteiger partial charge in [-0.2, -0.15) is 0 Å². The molecule has 8 heterocycles. The van der Waals surface area contributed by atoms with Crippen molar-refractivity contribution in [2.75, 3.05) is 57.6 Å². The third-order valence-electron chi connectivity index (χ3n) is 20.2. The molecule has 12 heteroatoms. The van der Waals surface area contributed by atoms with Gasteiger partial charge in [0.25, 0.3) is 0 Å². The Morgan fingerprint density at radius 2 is 0.568 bits per heavy atom. The zero-order valence-electron chi connectivity index (χ0n) is 59.5. The maximum atomic E-state index is 2.45. The summed E-state index contributed by atoms with van der Waals surface area (Å²) in [6, 6.07) is 63.2. The molecule has 0 N–H and O–H groups in total.